The average Bonchev–Trinajstić information content (AvgIpc) is 2.69. The fourth-order valence-electron chi connectivity index (χ4n) is 1.63. The highest BCUT2D eigenvalue weighted by Gasteiger charge is 2.16. The van der Waals surface area contributed by atoms with E-state index in [1.807, 2.05) is 25.3 Å². The Morgan fingerprint density at radius 3 is 2.89 bits per heavy atom. The van der Waals surface area contributed by atoms with Gasteiger partial charge in [0, 0.05) is 35.7 Å². The topological polar surface area (TPSA) is 44.1 Å². The molecule has 0 saturated heterocycles. The zero-order valence-electron chi connectivity index (χ0n) is 10.1. The smallest absolute Gasteiger partial charge is 0.355 e. The molecule has 5 heteroatoms. The van der Waals surface area contributed by atoms with Crippen molar-refractivity contribution in [2.45, 2.75) is 13.0 Å². The van der Waals surface area contributed by atoms with Crippen LogP contribution >= 0.6 is 15.9 Å². The fraction of sp³-hybridized carbons (Fsp3) is 0.231. The molecule has 0 unspecified atom stereocenters. The monoisotopic (exact) mass is 308 g/mol. The van der Waals surface area contributed by atoms with Gasteiger partial charge in [0.05, 0.1) is 0 Å². The molecule has 0 fully saturated rings. The average molecular weight is 309 g/mol. The van der Waals surface area contributed by atoms with Crippen molar-refractivity contribution in [1.82, 2.24) is 9.55 Å². The first-order chi connectivity index (χ1) is 8.58. The maximum Gasteiger partial charge on any atom is 0.355 e. The lowest BCUT2D eigenvalue weighted by atomic mass is 10.2. The maximum atomic E-state index is 12.0. The van der Waals surface area contributed by atoms with Crippen molar-refractivity contribution >= 4 is 21.9 Å². The van der Waals surface area contributed by atoms with Gasteiger partial charge in [-0.25, -0.2) is 4.79 Å². The van der Waals surface area contributed by atoms with E-state index in [0.29, 0.717) is 5.69 Å². The van der Waals surface area contributed by atoms with Gasteiger partial charge in [-0.05, 0) is 35.0 Å². The highest BCUT2D eigenvalue weighted by molar-refractivity contribution is 9.10. The van der Waals surface area contributed by atoms with E-state index < -0.39 is 0 Å². The van der Waals surface area contributed by atoms with Gasteiger partial charge in [0.2, 0.25) is 0 Å². The molecule has 0 N–H and O–H groups in total. The van der Waals surface area contributed by atoms with Crippen LogP contribution < -0.4 is 0 Å². The summed E-state index contributed by atoms with van der Waals surface area (Å²) in [6, 6.07) is 5.43. The van der Waals surface area contributed by atoms with Crippen LogP contribution in [0.4, 0.5) is 0 Å². The second-order valence-corrected chi connectivity index (χ2v) is 4.90. The van der Waals surface area contributed by atoms with Crippen LogP contribution in [0.2, 0.25) is 0 Å². The summed E-state index contributed by atoms with van der Waals surface area (Å²) in [6.45, 7) is 1.83. The Bertz CT molecular complexity index is 551. The summed E-state index contributed by atoms with van der Waals surface area (Å²) >= 11 is 3.32. The standard InChI is InChI=1S/C13H13BrN2O2/c1-9(10-4-3-5-15-7-10)18-13(17)12-6-11(14)8-16(12)2/h3-9H,1-2H3/t9-/m0/s1. The summed E-state index contributed by atoms with van der Waals surface area (Å²) in [5.41, 5.74) is 1.39. The fourth-order valence-corrected chi connectivity index (χ4v) is 2.16. The van der Waals surface area contributed by atoms with E-state index in [1.54, 1.807) is 30.1 Å². The van der Waals surface area contributed by atoms with Crippen LogP contribution in [0.15, 0.2) is 41.3 Å². The highest BCUT2D eigenvalue weighted by Crippen LogP contribution is 2.19. The number of nitrogens with zero attached hydrogens (tertiary/aromatic N) is 2. The van der Waals surface area contributed by atoms with Crippen LogP contribution in [-0.4, -0.2) is 15.5 Å². The lowest BCUT2D eigenvalue weighted by Gasteiger charge is -2.13. The molecule has 0 bridgehead atoms. The van der Waals surface area contributed by atoms with Crippen LogP contribution in [0.25, 0.3) is 0 Å². The van der Waals surface area contributed by atoms with Crippen molar-refractivity contribution in [2.24, 2.45) is 7.05 Å². The Morgan fingerprint density at radius 2 is 2.33 bits per heavy atom. The van der Waals surface area contributed by atoms with Gasteiger partial charge in [-0.1, -0.05) is 6.07 Å². The molecular formula is C13H13BrN2O2. The molecule has 0 aromatic carbocycles. The quantitative estimate of drug-likeness (QED) is 0.818. The summed E-state index contributed by atoms with van der Waals surface area (Å²) in [6.07, 6.45) is 4.87. The maximum absolute atomic E-state index is 12.0. The number of ether oxygens (including phenoxy) is 1. The first-order valence-corrected chi connectivity index (χ1v) is 6.30. The Hall–Kier alpha value is -1.62. The SMILES string of the molecule is C[C@H](OC(=O)c1cc(Br)cn1C)c1cccnc1. The first kappa shape index (κ1) is 12.8. The number of rotatable bonds is 3. The van der Waals surface area contributed by atoms with Crippen molar-refractivity contribution in [3.8, 4) is 0 Å². The minimum atomic E-state index is -0.348. The largest absolute Gasteiger partial charge is 0.453 e. The normalized spacial score (nSPS) is 12.2. The number of pyridine rings is 1. The zero-order valence-corrected chi connectivity index (χ0v) is 11.7. The number of esters is 1. The first-order valence-electron chi connectivity index (χ1n) is 5.50. The van der Waals surface area contributed by atoms with Gasteiger partial charge in [0.15, 0.2) is 0 Å². The Morgan fingerprint density at radius 1 is 1.56 bits per heavy atom. The molecule has 4 nitrogen and oxygen atoms in total. The van der Waals surface area contributed by atoms with Crippen molar-refractivity contribution in [1.29, 1.82) is 0 Å². The molecule has 1 atom stereocenters. The van der Waals surface area contributed by atoms with Crippen LogP contribution in [0.1, 0.15) is 29.1 Å². The van der Waals surface area contributed by atoms with Crippen LogP contribution in [0.5, 0.6) is 0 Å². The molecule has 0 aliphatic rings. The Kier molecular flexibility index (Phi) is 3.81. The van der Waals surface area contributed by atoms with Gasteiger partial charge < -0.3 is 9.30 Å². The summed E-state index contributed by atoms with van der Waals surface area (Å²) in [5, 5.41) is 0. The van der Waals surface area contributed by atoms with Crippen molar-refractivity contribution in [2.75, 3.05) is 0 Å². The minimum Gasteiger partial charge on any atom is -0.453 e. The summed E-state index contributed by atoms with van der Waals surface area (Å²) < 4.78 is 7.97. The summed E-state index contributed by atoms with van der Waals surface area (Å²) in [5.74, 6) is -0.348. The molecular weight excluding hydrogens is 296 g/mol. The molecule has 18 heavy (non-hydrogen) atoms. The van der Waals surface area contributed by atoms with Gasteiger partial charge in [-0.15, -0.1) is 0 Å². The van der Waals surface area contributed by atoms with Crippen molar-refractivity contribution in [3.63, 3.8) is 0 Å². The second-order valence-electron chi connectivity index (χ2n) is 3.99. The van der Waals surface area contributed by atoms with Gasteiger partial charge in [0.25, 0.3) is 0 Å². The number of aryl methyl sites for hydroxylation is 1. The number of hydrogen-bond donors (Lipinski definition) is 0. The lowest BCUT2D eigenvalue weighted by Crippen LogP contribution is -2.12. The van der Waals surface area contributed by atoms with E-state index in [1.165, 1.54) is 0 Å². The molecule has 2 aromatic heterocycles. The molecule has 2 aromatic rings. The van der Waals surface area contributed by atoms with Gasteiger partial charge in [0.1, 0.15) is 11.8 Å². The number of aromatic nitrogens is 2. The molecule has 0 saturated carbocycles. The summed E-state index contributed by atoms with van der Waals surface area (Å²) in [4.78, 5) is 16.0. The second kappa shape index (κ2) is 5.35. The molecule has 0 aliphatic carbocycles. The lowest BCUT2D eigenvalue weighted by molar-refractivity contribution is 0.0326. The number of hydrogen-bond acceptors (Lipinski definition) is 3. The molecule has 94 valence electrons. The number of carbonyl (C=O) groups excluding carboxylic acids is 1. The van der Waals surface area contributed by atoms with Crippen LogP contribution in [-0.2, 0) is 11.8 Å². The molecule has 0 spiro atoms. The molecule has 0 amide bonds. The summed E-state index contributed by atoms with van der Waals surface area (Å²) in [7, 11) is 1.80. The predicted molar refractivity (Wildman–Crippen MR) is 71.2 cm³/mol. The Balaban J connectivity index is 2.10. The van der Waals surface area contributed by atoms with E-state index in [-0.39, 0.29) is 12.1 Å². The zero-order chi connectivity index (χ0) is 13.1. The molecule has 2 heterocycles. The third-order valence-corrected chi connectivity index (χ3v) is 3.05. The molecule has 0 aliphatic heterocycles. The third-order valence-electron chi connectivity index (χ3n) is 2.62. The molecule has 0 radical (unpaired) electrons. The minimum absolute atomic E-state index is 0.320. The van der Waals surface area contributed by atoms with Crippen molar-refractivity contribution < 1.29 is 9.53 Å². The third kappa shape index (κ3) is 2.79. The van der Waals surface area contributed by atoms with Crippen LogP contribution in [0, 0.1) is 0 Å². The Labute approximate surface area is 114 Å². The number of carbonyl (C=O) groups is 1. The molecule has 2 rings (SSSR count). The van der Waals surface area contributed by atoms with E-state index in [2.05, 4.69) is 20.9 Å². The van der Waals surface area contributed by atoms with Crippen molar-refractivity contribution in [3.05, 3.63) is 52.5 Å². The highest BCUT2D eigenvalue weighted by atomic mass is 79.9. The van der Waals surface area contributed by atoms with Gasteiger partial charge in [-0.2, -0.15) is 0 Å². The predicted octanol–water partition coefficient (Wildman–Crippen LogP) is 3.10. The van der Waals surface area contributed by atoms with Crippen LogP contribution in [0.3, 0.4) is 0 Å². The van der Waals surface area contributed by atoms with E-state index >= 15 is 0 Å². The van der Waals surface area contributed by atoms with E-state index in [0.717, 1.165) is 10.0 Å². The van der Waals surface area contributed by atoms with Gasteiger partial charge >= 0.3 is 5.97 Å². The van der Waals surface area contributed by atoms with E-state index in [9.17, 15) is 4.79 Å². The van der Waals surface area contributed by atoms with Gasteiger partial charge in [-0.3, -0.25) is 4.98 Å². The van der Waals surface area contributed by atoms with E-state index in [4.69, 9.17) is 4.74 Å². The number of halogens is 1.